The Morgan fingerprint density at radius 2 is 1.47 bits per heavy atom. The van der Waals surface area contributed by atoms with Gasteiger partial charge in [0.2, 0.25) is 0 Å². The molecule has 1 fully saturated rings. The van der Waals surface area contributed by atoms with Crippen LogP contribution in [0.2, 0.25) is 0 Å². The number of carbonyl (C=O) groups is 3. The summed E-state index contributed by atoms with van der Waals surface area (Å²) in [4.78, 5) is 38.7. The van der Waals surface area contributed by atoms with Crippen LogP contribution in [0.1, 0.15) is 29.2 Å². The van der Waals surface area contributed by atoms with Gasteiger partial charge in [0.05, 0.1) is 5.69 Å². The topological polar surface area (TPSA) is 84.9 Å². The van der Waals surface area contributed by atoms with E-state index >= 15 is 0 Å². The van der Waals surface area contributed by atoms with Crippen molar-refractivity contribution in [3.8, 4) is 11.5 Å². The summed E-state index contributed by atoms with van der Waals surface area (Å²) in [6.07, 6.45) is 2.41. The summed E-state index contributed by atoms with van der Waals surface area (Å²) >= 11 is 0. The lowest BCUT2D eigenvalue weighted by Crippen LogP contribution is -2.54. The van der Waals surface area contributed by atoms with Gasteiger partial charge in [-0.15, -0.1) is 0 Å². The van der Waals surface area contributed by atoms with Crippen molar-refractivity contribution in [1.29, 1.82) is 0 Å². The van der Waals surface area contributed by atoms with E-state index in [0.717, 1.165) is 28.2 Å². The molecule has 3 aromatic rings. The number of rotatable bonds is 8. The SMILES string of the molecule is CCc1cc(C)cc(OCCOc2ccc(/C=C3\C(=O)NC(=O)N(c4ccc(C)cc4)C3=O)cc2)c1. The number of carbonyl (C=O) groups excluding carboxylic acids is 3. The number of ether oxygens (including phenoxy) is 2. The number of nitrogens with zero attached hydrogens (tertiary/aromatic N) is 1. The van der Waals surface area contributed by atoms with Gasteiger partial charge in [-0.25, -0.2) is 9.69 Å². The summed E-state index contributed by atoms with van der Waals surface area (Å²) in [7, 11) is 0. The van der Waals surface area contributed by atoms with Gasteiger partial charge in [0, 0.05) is 0 Å². The zero-order chi connectivity index (χ0) is 25.7. The standard InChI is InChI=1S/C29H28N2O5/c1-4-21-15-20(3)16-25(17-21)36-14-13-35-24-11-7-22(8-12-24)18-26-27(32)30-29(34)31(28(26)33)23-9-5-19(2)6-10-23/h5-12,15-18H,4,13-14H2,1-3H3,(H,30,32,34)/b26-18+. The molecule has 4 rings (SSSR count). The molecule has 1 aliphatic heterocycles. The minimum absolute atomic E-state index is 0.123. The van der Waals surface area contributed by atoms with E-state index in [1.165, 1.54) is 11.6 Å². The number of hydrogen-bond donors (Lipinski definition) is 1. The van der Waals surface area contributed by atoms with Crippen LogP contribution in [-0.2, 0) is 16.0 Å². The number of nitrogens with one attached hydrogen (secondary N) is 1. The second-order valence-electron chi connectivity index (χ2n) is 8.57. The minimum atomic E-state index is -0.770. The monoisotopic (exact) mass is 484 g/mol. The highest BCUT2D eigenvalue weighted by atomic mass is 16.5. The van der Waals surface area contributed by atoms with Gasteiger partial charge in [0.1, 0.15) is 30.3 Å². The Hall–Kier alpha value is -4.39. The van der Waals surface area contributed by atoms with E-state index in [2.05, 4.69) is 18.3 Å². The summed E-state index contributed by atoms with van der Waals surface area (Å²) < 4.78 is 11.6. The molecule has 0 bridgehead atoms. The Morgan fingerprint density at radius 1 is 0.806 bits per heavy atom. The molecule has 1 heterocycles. The molecule has 0 atom stereocenters. The number of imide groups is 2. The first-order valence-electron chi connectivity index (χ1n) is 11.8. The van der Waals surface area contributed by atoms with Crippen molar-refractivity contribution in [2.45, 2.75) is 27.2 Å². The van der Waals surface area contributed by atoms with Crippen LogP contribution in [0, 0.1) is 13.8 Å². The van der Waals surface area contributed by atoms with Crippen LogP contribution < -0.4 is 19.7 Å². The third-order valence-electron chi connectivity index (χ3n) is 5.72. The van der Waals surface area contributed by atoms with Crippen molar-refractivity contribution < 1.29 is 23.9 Å². The van der Waals surface area contributed by atoms with Gasteiger partial charge < -0.3 is 9.47 Å². The van der Waals surface area contributed by atoms with Crippen LogP contribution in [0.15, 0.2) is 72.3 Å². The molecule has 0 unspecified atom stereocenters. The molecule has 0 radical (unpaired) electrons. The number of barbiturate groups is 1. The van der Waals surface area contributed by atoms with Crippen LogP contribution in [-0.4, -0.2) is 31.1 Å². The smallest absolute Gasteiger partial charge is 0.335 e. The van der Waals surface area contributed by atoms with Gasteiger partial charge >= 0.3 is 6.03 Å². The number of amides is 4. The van der Waals surface area contributed by atoms with Gasteiger partial charge in [0.15, 0.2) is 0 Å². The van der Waals surface area contributed by atoms with Crippen molar-refractivity contribution in [3.05, 3.63) is 94.6 Å². The average Bonchev–Trinajstić information content (AvgIpc) is 2.86. The van der Waals surface area contributed by atoms with Crippen molar-refractivity contribution in [2.75, 3.05) is 18.1 Å². The van der Waals surface area contributed by atoms with Gasteiger partial charge in [-0.05, 0) is 79.4 Å². The quantitative estimate of drug-likeness (QED) is 0.277. The summed E-state index contributed by atoms with van der Waals surface area (Å²) in [5.41, 5.74) is 4.27. The third kappa shape index (κ3) is 5.81. The number of benzene rings is 3. The molecule has 1 N–H and O–H groups in total. The van der Waals surface area contributed by atoms with E-state index in [1.807, 2.05) is 26.0 Å². The predicted octanol–water partition coefficient (Wildman–Crippen LogP) is 4.99. The lowest BCUT2D eigenvalue weighted by Gasteiger charge is -2.26. The van der Waals surface area contributed by atoms with E-state index < -0.39 is 17.8 Å². The highest BCUT2D eigenvalue weighted by Crippen LogP contribution is 2.23. The fourth-order valence-corrected chi connectivity index (χ4v) is 3.84. The zero-order valence-corrected chi connectivity index (χ0v) is 20.5. The first-order valence-corrected chi connectivity index (χ1v) is 11.8. The normalized spacial score (nSPS) is 14.7. The molecule has 7 nitrogen and oxygen atoms in total. The molecule has 184 valence electrons. The van der Waals surface area contributed by atoms with Crippen LogP contribution in [0.4, 0.5) is 10.5 Å². The Balaban J connectivity index is 1.38. The van der Waals surface area contributed by atoms with E-state index in [1.54, 1.807) is 48.5 Å². The lowest BCUT2D eigenvalue weighted by atomic mass is 10.1. The lowest BCUT2D eigenvalue weighted by molar-refractivity contribution is -0.122. The molecule has 1 aliphatic rings. The molecule has 0 spiro atoms. The molecule has 7 heteroatoms. The number of aryl methyl sites for hydroxylation is 3. The molecule has 1 saturated heterocycles. The van der Waals surface area contributed by atoms with Crippen LogP contribution in [0.25, 0.3) is 6.08 Å². The molecular formula is C29H28N2O5. The number of urea groups is 1. The summed E-state index contributed by atoms with van der Waals surface area (Å²) in [5.74, 6) is 0.0572. The Labute approximate surface area is 210 Å². The van der Waals surface area contributed by atoms with E-state index in [4.69, 9.17) is 9.47 Å². The zero-order valence-electron chi connectivity index (χ0n) is 20.5. The van der Waals surface area contributed by atoms with Crippen LogP contribution in [0.5, 0.6) is 11.5 Å². The second-order valence-corrected chi connectivity index (χ2v) is 8.57. The fourth-order valence-electron chi connectivity index (χ4n) is 3.84. The molecule has 0 saturated carbocycles. The van der Waals surface area contributed by atoms with E-state index in [9.17, 15) is 14.4 Å². The summed E-state index contributed by atoms with van der Waals surface area (Å²) in [6.45, 7) is 6.82. The van der Waals surface area contributed by atoms with Gasteiger partial charge in [-0.2, -0.15) is 0 Å². The first-order chi connectivity index (χ1) is 17.3. The summed E-state index contributed by atoms with van der Waals surface area (Å²) in [5, 5.41) is 2.23. The molecule has 36 heavy (non-hydrogen) atoms. The molecule has 3 aromatic carbocycles. The van der Waals surface area contributed by atoms with Crippen molar-refractivity contribution in [1.82, 2.24) is 5.32 Å². The predicted molar refractivity (Wildman–Crippen MR) is 138 cm³/mol. The largest absolute Gasteiger partial charge is 0.490 e. The van der Waals surface area contributed by atoms with Crippen LogP contribution >= 0.6 is 0 Å². The summed E-state index contributed by atoms with van der Waals surface area (Å²) in [6, 6.07) is 19.3. The van der Waals surface area contributed by atoms with Gasteiger partial charge in [-0.1, -0.05) is 42.8 Å². The fraction of sp³-hybridized carbons (Fsp3) is 0.207. The Bertz CT molecular complexity index is 1310. The van der Waals surface area contributed by atoms with Gasteiger partial charge in [-0.3, -0.25) is 14.9 Å². The minimum Gasteiger partial charge on any atom is -0.490 e. The Morgan fingerprint density at radius 3 is 2.14 bits per heavy atom. The van der Waals surface area contributed by atoms with Crippen molar-refractivity contribution in [3.63, 3.8) is 0 Å². The molecular weight excluding hydrogens is 456 g/mol. The number of hydrogen-bond acceptors (Lipinski definition) is 5. The highest BCUT2D eigenvalue weighted by molar-refractivity contribution is 6.39. The maximum Gasteiger partial charge on any atom is 0.335 e. The maximum absolute atomic E-state index is 13.0. The second kappa shape index (κ2) is 10.9. The highest BCUT2D eigenvalue weighted by Gasteiger charge is 2.36. The first kappa shape index (κ1) is 24.7. The number of anilines is 1. The molecule has 4 amide bonds. The average molecular weight is 485 g/mol. The van der Waals surface area contributed by atoms with E-state index in [-0.39, 0.29) is 5.57 Å². The molecule has 0 aromatic heterocycles. The van der Waals surface area contributed by atoms with Gasteiger partial charge in [0.25, 0.3) is 11.8 Å². The Kier molecular flexibility index (Phi) is 7.49. The van der Waals surface area contributed by atoms with Crippen molar-refractivity contribution >= 4 is 29.6 Å². The van der Waals surface area contributed by atoms with E-state index in [0.29, 0.717) is 30.2 Å². The molecule has 0 aliphatic carbocycles. The maximum atomic E-state index is 13.0. The third-order valence-corrected chi connectivity index (χ3v) is 5.72. The van der Waals surface area contributed by atoms with Crippen LogP contribution in [0.3, 0.4) is 0 Å². The van der Waals surface area contributed by atoms with Crippen molar-refractivity contribution in [2.24, 2.45) is 0 Å².